The average molecular weight is 392 g/mol. The van der Waals surface area contributed by atoms with E-state index in [1.54, 1.807) is 30.5 Å². The van der Waals surface area contributed by atoms with Crippen molar-refractivity contribution in [2.75, 3.05) is 13.2 Å². The van der Waals surface area contributed by atoms with Gasteiger partial charge < -0.3 is 15.0 Å². The summed E-state index contributed by atoms with van der Waals surface area (Å²) >= 11 is 0. The van der Waals surface area contributed by atoms with Crippen LogP contribution in [0.25, 0.3) is 10.9 Å². The summed E-state index contributed by atoms with van der Waals surface area (Å²) in [4.78, 5) is 27.2. The maximum Gasteiger partial charge on any atom is 0.259 e. The van der Waals surface area contributed by atoms with Gasteiger partial charge in [-0.05, 0) is 36.8 Å². The van der Waals surface area contributed by atoms with E-state index in [1.807, 2.05) is 30.5 Å². The van der Waals surface area contributed by atoms with E-state index in [-0.39, 0.29) is 12.5 Å². The average Bonchev–Trinajstić information content (AvgIpc) is 3.16. The number of aromatic amines is 1. The molecule has 0 aliphatic heterocycles. The lowest BCUT2D eigenvalue weighted by atomic mass is 10.2. The van der Waals surface area contributed by atoms with Crippen molar-refractivity contribution in [1.82, 2.24) is 15.7 Å². The molecule has 0 aliphatic carbocycles. The molecule has 1 aromatic heterocycles. The number of nitrogens with zero attached hydrogens (tertiary/aromatic N) is 1. The number of carbonyl (C=O) groups excluding carboxylic acids is 2. The van der Waals surface area contributed by atoms with Crippen LogP contribution in [0, 0.1) is 0 Å². The largest absolute Gasteiger partial charge is 0.494 e. The van der Waals surface area contributed by atoms with Crippen molar-refractivity contribution in [2.45, 2.75) is 19.8 Å². The number of ether oxygens (including phenoxy) is 1. The molecular weight excluding hydrogens is 368 g/mol. The van der Waals surface area contributed by atoms with E-state index in [0.29, 0.717) is 12.2 Å². The number of fused-ring (bicyclic) bond motifs is 1. The highest BCUT2D eigenvalue weighted by Crippen LogP contribution is 2.15. The van der Waals surface area contributed by atoms with Gasteiger partial charge in [-0.15, -0.1) is 0 Å². The highest BCUT2D eigenvalue weighted by atomic mass is 16.5. The van der Waals surface area contributed by atoms with Crippen LogP contribution in [0.4, 0.5) is 0 Å². The van der Waals surface area contributed by atoms with Gasteiger partial charge in [0.15, 0.2) is 0 Å². The highest BCUT2D eigenvalue weighted by Gasteiger charge is 2.08. The summed E-state index contributed by atoms with van der Waals surface area (Å²) in [5, 5.41) is 7.54. The van der Waals surface area contributed by atoms with Gasteiger partial charge in [0.25, 0.3) is 11.8 Å². The number of hydrogen-bond acceptors (Lipinski definition) is 4. The van der Waals surface area contributed by atoms with Crippen molar-refractivity contribution in [3.05, 3.63) is 65.9 Å². The first-order valence-electron chi connectivity index (χ1n) is 9.56. The number of H-pyrrole nitrogens is 1. The SMILES string of the molecule is CCCCOc1ccc(C(=O)NCC(=O)N/N=C/c2c[nH]c3ccccc23)cc1. The Hall–Kier alpha value is -3.61. The van der Waals surface area contributed by atoms with E-state index in [2.05, 4.69) is 27.8 Å². The molecule has 0 radical (unpaired) electrons. The number of nitrogens with one attached hydrogen (secondary N) is 3. The van der Waals surface area contributed by atoms with Crippen molar-refractivity contribution in [1.29, 1.82) is 0 Å². The van der Waals surface area contributed by atoms with Crippen molar-refractivity contribution >= 4 is 28.9 Å². The third-order valence-electron chi connectivity index (χ3n) is 4.31. The van der Waals surface area contributed by atoms with E-state index in [1.165, 1.54) is 0 Å². The Bertz CT molecular complexity index is 993. The van der Waals surface area contributed by atoms with Crippen LogP contribution < -0.4 is 15.5 Å². The molecule has 0 spiro atoms. The van der Waals surface area contributed by atoms with Crippen LogP contribution in [0.2, 0.25) is 0 Å². The van der Waals surface area contributed by atoms with E-state index < -0.39 is 5.91 Å². The minimum atomic E-state index is -0.408. The molecule has 0 saturated carbocycles. The molecule has 150 valence electrons. The summed E-state index contributed by atoms with van der Waals surface area (Å²) in [6, 6.07) is 14.6. The number of aromatic nitrogens is 1. The standard InChI is InChI=1S/C22H24N4O3/c1-2-3-12-29-18-10-8-16(9-11-18)22(28)24-15-21(27)26-25-14-17-13-23-20-7-5-4-6-19(17)20/h4-11,13-14,23H,2-3,12,15H2,1H3,(H,24,28)(H,26,27)/b25-14+. The Morgan fingerprint density at radius 2 is 1.93 bits per heavy atom. The summed E-state index contributed by atoms with van der Waals surface area (Å²) in [5.41, 5.74) is 4.73. The number of hydrazone groups is 1. The van der Waals surface area contributed by atoms with Gasteiger partial charge in [-0.25, -0.2) is 5.43 Å². The number of carbonyl (C=O) groups is 2. The fraction of sp³-hybridized carbons (Fsp3) is 0.227. The molecule has 1 heterocycles. The molecule has 3 N–H and O–H groups in total. The molecule has 3 rings (SSSR count). The lowest BCUT2D eigenvalue weighted by molar-refractivity contribution is -0.120. The van der Waals surface area contributed by atoms with Gasteiger partial charge in [0.2, 0.25) is 0 Å². The zero-order valence-electron chi connectivity index (χ0n) is 16.3. The van der Waals surface area contributed by atoms with Crippen LogP contribution in [0.15, 0.2) is 59.8 Å². The third kappa shape index (κ3) is 5.68. The highest BCUT2D eigenvalue weighted by molar-refractivity contribution is 5.99. The van der Waals surface area contributed by atoms with E-state index >= 15 is 0 Å². The van der Waals surface area contributed by atoms with Gasteiger partial charge in [-0.3, -0.25) is 9.59 Å². The minimum Gasteiger partial charge on any atom is -0.494 e. The summed E-state index contributed by atoms with van der Waals surface area (Å²) in [6.07, 6.45) is 5.43. The molecule has 2 aromatic carbocycles. The maximum atomic E-state index is 12.2. The number of para-hydroxylation sites is 1. The Morgan fingerprint density at radius 3 is 2.72 bits per heavy atom. The normalized spacial score (nSPS) is 10.9. The first-order chi connectivity index (χ1) is 14.2. The topological polar surface area (TPSA) is 95.6 Å². The smallest absolute Gasteiger partial charge is 0.259 e. The quantitative estimate of drug-likeness (QED) is 0.296. The van der Waals surface area contributed by atoms with Crippen molar-refractivity contribution in [3.8, 4) is 5.75 Å². The first-order valence-corrected chi connectivity index (χ1v) is 9.56. The predicted octanol–water partition coefficient (Wildman–Crippen LogP) is 3.23. The molecule has 2 amide bonds. The predicted molar refractivity (Wildman–Crippen MR) is 113 cm³/mol. The first kappa shape index (κ1) is 20.1. The maximum absolute atomic E-state index is 12.2. The zero-order chi connectivity index (χ0) is 20.5. The molecule has 0 atom stereocenters. The molecule has 0 saturated heterocycles. The molecular formula is C22H24N4O3. The van der Waals surface area contributed by atoms with Gasteiger partial charge in [-0.1, -0.05) is 31.5 Å². The Labute approximate surface area is 169 Å². The molecule has 0 aliphatic rings. The van der Waals surface area contributed by atoms with Crippen LogP contribution in [0.5, 0.6) is 5.75 Å². The van der Waals surface area contributed by atoms with Crippen molar-refractivity contribution < 1.29 is 14.3 Å². The third-order valence-corrected chi connectivity index (χ3v) is 4.31. The number of amides is 2. The number of unbranched alkanes of at least 4 members (excludes halogenated alkanes) is 1. The van der Waals surface area contributed by atoms with Crippen LogP contribution in [-0.4, -0.2) is 36.2 Å². The van der Waals surface area contributed by atoms with E-state index in [4.69, 9.17) is 4.74 Å². The van der Waals surface area contributed by atoms with Crippen molar-refractivity contribution in [2.24, 2.45) is 5.10 Å². The van der Waals surface area contributed by atoms with Gasteiger partial charge in [-0.2, -0.15) is 5.10 Å². The molecule has 3 aromatic rings. The number of rotatable bonds is 9. The minimum absolute atomic E-state index is 0.168. The van der Waals surface area contributed by atoms with E-state index in [9.17, 15) is 9.59 Å². The monoisotopic (exact) mass is 392 g/mol. The van der Waals surface area contributed by atoms with Crippen LogP contribution in [-0.2, 0) is 4.79 Å². The van der Waals surface area contributed by atoms with Crippen molar-refractivity contribution in [3.63, 3.8) is 0 Å². The van der Waals surface area contributed by atoms with Crippen LogP contribution in [0.3, 0.4) is 0 Å². The summed E-state index contributed by atoms with van der Waals surface area (Å²) < 4.78 is 5.57. The fourth-order valence-corrected chi connectivity index (χ4v) is 2.71. The summed E-state index contributed by atoms with van der Waals surface area (Å²) in [5.74, 6) is -0.0193. The molecule has 0 bridgehead atoms. The molecule has 7 heteroatoms. The number of hydrogen-bond donors (Lipinski definition) is 3. The molecule has 0 unspecified atom stereocenters. The van der Waals surface area contributed by atoms with E-state index in [0.717, 1.165) is 35.1 Å². The molecule has 7 nitrogen and oxygen atoms in total. The van der Waals surface area contributed by atoms with Gasteiger partial charge in [0, 0.05) is 28.2 Å². The zero-order valence-corrected chi connectivity index (χ0v) is 16.3. The summed E-state index contributed by atoms with van der Waals surface area (Å²) in [7, 11) is 0. The summed E-state index contributed by atoms with van der Waals surface area (Å²) in [6.45, 7) is 2.58. The Kier molecular flexibility index (Phi) is 7.00. The Morgan fingerprint density at radius 1 is 1.14 bits per heavy atom. The lowest BCUT2D eigenvalue weighted by Gasteiger charge is -2.07. The van der Waals surface area contributed by atoms with Gasteiger partial charge >= 0.3 is 0 Å². The molecule has 29 heavy (non-hydrogen) atoms. The number of benzene rings is 2. The second-order valence-electron chi connectivity index (χ2n) is 6.49. The van der Waals surface area contributed by atoms with Gasteiger partial charge in [0.05, 0.1) is 19.4 Å². The second kappa shape index (κ2) is 10.1. The van der Waals surface area contributed by atoms with Gasteiger partial charge in [0.1, 0.15) is 5.75 Å². The fourth-order valence-electron chi connectivity index (χ4n) is 2.71. The van der Waals surface area contributed by atoms with Crippen LogP contribution >= 0.6 is 0 Å². The lowest BCUT2D eigenvalue weighted by Crippen LogP contribution is -2.34. The van der Waals surface area contributed by atoms with Crippen LogP contribution in [0.1, 0.15) is 35.7 Å². The molecule has 0 fully saturated rings. The second-order valence-corrected chi connectivity index (χ2v) is 6.49. The Balaban J connectivity index is 1.44.